The molecule has 0 unspecified atom stereocenters. The Bertz CT molecular complexity index is 121. The van der Waals surface area contributed by atoms with Gasteiger partial charge in [-0.25, -0.2) is 0 Å². The molecular formula is C7H12O3. The van der Waals surface area contributed by atoms with Gasteiger partial charge in [-0.1, -0.05) is 6.92 Å². The van der Waals surface area contributed by atoms with Crippen LogP contribution in [0.1, 0.15) is 6.92 Å². The maximum Gasteiger partial charge on any atom is 0.112 e. The van der Waals surface area contributed by atoms with Crippen LogP contribution < -0.4 is 0 Å². The fraction of sp³-hybridized carbons (Fsp3) is 1.00. The van der Waals surface area contributed by atoms with Crippen molar-refractivity contribution < 1.29 is 14.6 Å². The number of hydrogen-bond acceptors (Lipinski definition) is 3. The van der Waals surface area contributed by atoms with Crippen LogP contribution in [0, 0.1) is 5.92 Å². The van der Waals surface area contributed by atoms with Crippen molar-refractivity contribution in [3.63, 3.8) is 0 Å². The Morgan fingerprint density at radius 3 is 2.60 bits per heavy atom. The first kappa shape index (κ1) is 6.58. The van der Waals surface area contributed by atoms with Gasteiger partial charge in [0.15, 0.2) is 0 Å². The zero-order chi connectivity index (χ0) is 7.14. The van der Waals surface area contributed by atoms with Crippen LogP contribution in [0.15, 0.2) is 0 Å². The smallest absolute Gasteiger partial charge is 0.112 e. The third-order valence-electron chi connectivity index (χ3n) is 2.27. The van der Waals surface area contributed by atoms with Crippen LogP contribution >= 0.6 is 0 Å². The van der Waals surface area contributed by atoms with E-state index in [4.69, 9.17) is 9.47 Å². The molecule has 2 rings (SSSR count). The lowest BCUT2D eigenvalue weighted by Gasteiger charge is -2.10. The van der Waals surface area contributed by atoms with Gasteiger partial charge in [-0.05, 0) is 0 Å². The first-order chi connectivity index (χ1) is 4.79. The van der Waals surface area contributed by atoms with Gasteiger partial charge in [0.25, 0.3) is 0 Å². The van der Waals surface area contributed by atoms with Gasteiger partial charge in [0.1, 0.15) is 12.2 Å². The normalized spacial score (nSPS) is 53.4. The molecule has 1 N–H and O–H groups in total. The van der Waals surface area contributed by atoms with Gasteiger partial charge < -0.3 is 14.6 Å². The van der Waals surface area contributed by atoms with Gasteiger partial charge in [-0.3, -0.25) is 0 Å². The van der Waals surface area contributed by atoms with E-state index < -0.39 is 6.10 Å². The first-order valence-electron chi connectivity index (χ1n) is 3.70. The molecule has 2 saturated heterocycles. The van der Waals surface area contributed by atoms with E-state index in [1.165, 1.54) is 0 Å². The molecule has 0 aromatic heterocycles. The molecule has 0 aliphatic carbocycles. The molecule has 0 spiro atoms. The molecule has 4 atom stereocenters. The Morgan fingerprint density at radius 2 is 1.90 bits per heavy atom. The summed E-state index contributed by atoms with van der Waals surface area (Å²) < 4.78 is 10.7. The Kier molecular flexibility index (Phi) is 1.44. The van der Waals surface area contributed by atoms with Crippen LogP contribution in [0.2, 0.25) is 0 Å². The molecular weight excluding hydrogens is 132 g/mol. The Morgan fingerprint density at radius 1 is 1.20 bits per heavy atom. The zero-order valence-corrected chi connectivity index (χ0v) is 5.99. The lowest BCUT2D eigenvalue weighted by Crippen LogP contribution is -2.28. The molecule has 3 nitrogen and oxygen atoms in total. The Hall–Kier alpha value is -0.120. The molecule has 10 heavy (non-hydrogen) atoms. The monoisotopic (exact) mass is 144 g/mol. The summed E-state index contributed by atoms with van der Waals surface area (Å²) in [7, 11) is 0. The van der Waals surface area contributed by atoms with Gasteiger partial charge in [-0.2, -0.15) is 0 Å². The SMILES string of the molecule is C[C@@H]1CO[C@@H]2[C@H]1OC[C@H]2O. The van der Waals surface area contributed by atoms with Gasteiger partial charge in [0.2, 0.25) is 0 Å². The largest absolute Gasteiger partial charge is 0.388 e. The van der Waals surface area contributed by atoms with E-state index in [-0.39, 0.29) is 12.2 Å². The Balaban J connectivity index is 2.09. The number of rotatable bonds is 0. The molecule has 58 valence electrons. The third-order valence-corrected chi connectivity index (χ3v) is 2.27. The number of aliphatic hydroxyl groups excluding tert-OH is 1. The van der Waals surface area contributed by atoms with Crippen molar-refractivity contribution in [2.24, 2.45) is 5.92 Å². The summed E-state index contributed by atoms with van der Waals surface area (Å²) in [5, 5.41) is 9.27. The minimum atomic E-state index is -0.394. The molecule has 0 aromatic carbocycles. The second-order valence-electron chi connectivity index (χ2n) is 3.14. The van der Waals surface area contributed by atoms with Crippen molar-refractivity contribution in [3.8, 4) is 0 Å². The second-order valence-corrected chi connectivity index (χ2v) is 3.14. The lowest BCUT2D eigenvalue weighted by molar-refractivity contribution is 0.0173. The number of ether oxygens (including phenoxy) is 2. The van der Waals surface area contributed by atoms with Crippen molar-refractivity contribution in [2.45, 2.75) is 25.2 Å². The molecule has 0 bridgehead atoms. The quantitative estimate of drug-likeness (QED) is 0.511. The van der Waals surface area contributed by atoms with Crippen molar-refractivity contribution in [2.75, 3.05) is 13.2 Å². The summed E-state index contributed by atoms with van der Waals surface area (Å²) in [5.41, 5.74) is 0. The fourth-order valence-electron chi connectivity index (χ4n) is 1.67. The van der Waals surface area contributed by atoms with E-state index in [0.29, 0.717) is 12.5 Å². The summed E-state index contributed by atoms with van der Waals surface area (Å²) in [6, 6.07) is 0. The summed E-state index contributed by atoms with van der Waals surface area (Å²) in [6.45, 7) is 3.26. The minimum Gasteiger partial charge on any atom is -0.388 e. The molecule has 0 saturated carbocycles. The summed E-state index contributed by atoms with van der Waals surface area (Å²) in [4.78, 5) is 0. The van der Waals surface area contributed by atoms with E-state index in [1.807, 2.05) is 0 Å². The zero-order valence-electron chi connectivity index (χ0n) is 5.99. The highest BCUT2D eigenvalue weighted by molar-refractivity contribution is 4.92. The summed E-state index contributed by atoms with van der Waals surface area (Å²) in [6.07, 6.45) is -0.292. The van der Waals surface area contributed by atoms with Gasteiger partial charge in [0.05, 0.1) is 19.3 Å². The van der Waals surface area contributed by atoms with Crippen LogP contribution in [0.4, 0.5) is 0 Å². The topological polar surface area (TPSA) is 38.7 Å². The highest BCUT2D eigenvalue weighted by atomic mass is 16.6. The molecule has 3 heteroatoms. The van der Waals surface area contributed by atoms with Crippen LogP contribution in [0.3, 0.4) is 0 Å². The van der Waals surface area contributed by atoms with Crippen molar-refractivity contribution in [1.82, 2.24) is 0 Å². The van der Waals surface area contributed by atoms with Crippen LogP contribution in [0.25, 0.3) is 0 Å². The highest BCUT2D eigenvalue weighted by Crippen LogP contribution is 2.30. The molecule has 2 fully saturated rings. The number of aliphatic hydroxyl groups is 1. The second kappa shape index (κ2) is 2.19. The fourth-order valence-corrected chi connectivity index (χ4v) is 1.67. The summed E-state index contributed by atoms with van der Waals surface area (Å²) in [5.74, 6) is 0.446. The standard InChI is InChI=1S/C7H12O3/c1-4-2-9-7-5(8)3-10-6(4)7/h4-8H,2-3H2,1H3/t4-,5-,6+,7+/m1/s1. The van der Waals surface area contributed by atoms with E-state index in [0.717, 1.165) is 6.61 Å². The molecule has 2 aliphatic heterocycles. The van der Waals surface area contributed by atoms with E-state index >= 15 is 0 Å². The van der Waals surface area contributed by atoms with Gasteiger partial charge in [0, 0.05) is 5.92 Å². The molecule has 0 aromatic rings. The summed E-state index contributed by atoms with van der Waals surface area (Å²) >= 11 is 0. The number of hydrogen-bond donors (Lipinski definition) is 1. The van der Waals surface area contributed by atoms with Gasteiger partial charge >= 0.3 is 0 Å². The average molecular weight is 144 g/mol. The minimum absolute atomic E-state index is 0.0463. The Labute approximate surface area is 59.9 Å². The highest BCUT2D eigenvalue weighted by Gasteiger charge is 2.44. The molecule has 0 amide bonds. The maximum atomic E-state index is 9.27. The van der Waals surface area contributed by atoms with E-state index in [1.54, 1.807) is 0 Å². The third kappa shape index (κ3) is 0.779. The maximum absolute atomic E-state index is 9.27. The van der Waals surface area contributed by atoms with Crippen LogP contribution in [-0.4, -0.2) is 36.6 Å². The lowest BCUT2D eigenvalue weighted by atomic mass is 10.0. The first-order valence-corrected chi connectivity index (χ1v) is 3.70. The van der Waals surface area contributed by atoms with Crippen molar-refractivity contribution >= 4 is 0 Å². The van der Waals surface area contributed by atoms with E-state index in [2.05, 4.69) is 6.92 Å². The van der Waals surface area contributed by atoms with Gasteiger partial charge in [-0.15, -0.1) is 0 Å². The van der Waals surface area contributed by atoms with Crippen LogP contribution in [0.5, 0.6) is 0 Å². The predicted octanol–water partition coefficient (Wildman–Crippen LogP) is -0.219. The molecule has 2 aliphatic rings. The predicted molar refractivity (Wildman–Crippen MR) is 34.7 cm³/mol. The van der Waals surface area contributed by atoms with Crippen molar-refractivity contribution in [1.29, 1.82) is 0 Å². The molecule has 0 radical (unpaired) electrons. The van der Waals surface area contributed by atoms with Crippen molar-refractivity contribution in [3.05, 3.63) is 0 Å². The molecule has 2 heterocycles. The van der Waals surface area contributed by atoms with E-state index in [9.17, 15) is 5.11 Å². The van der Waals surface area contributed by atoms with Crippen LogP contribution in [-0.2, 0) is 9.47 Å². The number of fused-ring (bicyclic) bond motifs is 1. The average Bonchev–Trinajstić information content (AvgIpc) is 2.41.